The monoisotopic (exact) mass is 288 g/mol. The van der Waals surface area contributed by atoms with E-state index in [2.05, 4.69) is 57.9 Å². The Labute approximate surface area is 128 Å². The molecule has 4 nitrogen and oxygen atoms in total. The van der Waals surface area contributed by atoms with Crippen molar-refractivity contribution in [3.8, 4) is 0 Å². The van der Waals surface area contributed by atoms with Crippen molar-refractivity contribution in [2.45, 2.75) is 19.3 Å². The predicted octanol–water partition coefficient (Wildman–Crippen LogP) is 1.74. The number of rotatable bonds is 6. The van der Waals surface area contributed by atoms with Gasteiger partial charge in [0.2, 0.25) is 0 Å². The Morgan fingerprint density at radius 3 is 2.76 bits per heavy atom. The predicted molar refractivity (Wildman–Crippen MR) is 89.7 cm³/mol. The van der Waals surface area contributed by atoms with Gasteiger partial charge < -0.3 is 15.5 Å². The van der Waals surface area contributed by atoms with Crippen LogP contribution in [0.5, 0.6) is 0 Å². The second-order valence-corrected chi connectivity index (χ2v) is 5.89. The molecular weight excluding hydrogens is 260 g/mol. The number of benzene rings is 1. The van der Waals surface area contributed by atoms with Gasteiger partial charge in [-0.3, -0.25) is 4.99 Å². The van der Waals surface area contributed by atoms with Crippen LogP contribution in [0.15, 0.2) is 35.3 Å². The molecule has 0 radical (unpaired) electrons. The van der Waals surface area contributed by atoms with Gasteiger partial charge in [0, 0.05) is 26.7 Å². The Morgan fingerprint density at radius 2 is 2.10 bits per heavy atom. The zero-order chi connectivity index (χ0) is 14.9. The van der Waals surface area contributed by atoms with Gasteiger partial charge in [-0.05, 0) is 44.3 Å². The fourth-order valence-corrected chi connectivity index (χ4v) is 2.80. The molecule has 1 aromatic carbocycles. The molecule has 0 spiro atoms. The molecule has 0 bridgehead atoms. The van der Waals surface area contributed by atoms with Crippen LogP contribution in [0, 0.1) is 5.92 Å². The van der Waals surface area contributed by atoms with Gasteiger partial charge in [0.05, 0.1) is 0 Å². The Hall–Kier alpha value is -1.55. The fourth-order valence-electron chi connectivity index (χ4n) is 2.80. The molecule has 2 N–H and O–H groups in total. The first-order valence-electron chi connectivity index (χ1n) is 7.95. The van der Waals surface area contributed by atoms with E-state index < -0.39 is 0 Å². The first-order valence-corrected chi connectivity index (χ1v) is 7.95. The second kappa shape index (κ2) is 8.67. The van der Waals surface area contributed by atoms with E-state index in [4.69, 9.17) is 0 Å². The second-order valence-electron chi connectivity index (χ2n) is 5.89. The largest absolute Gasteiger partial charge is 0.356 e. The number of hydrogen-bond donors (Lipinski definition) is 2. The van der Waals surface area contributed by atoms with Gasteiger partial charge in [0.15, 0.2) is 5.96 Å². The van der Waals surface area contributed by atoms with Crippen LogP contribution in [0.4, 0.5) is 0 Å². The van der Waals surface area contributed by atoms with Crippen LogP contribution in [0.2, 0.25) is 0 Å². The molecule has 2 rings (SSSR count). The summed E-state index contributed by atoms with van der Waals surface area (Å²) >= 11 is 0. The van der Waals surface area contributed by atoms with Crippen LogP contribution in [0.25, 0.3) is 0 Å². The lowest BCUT2D eigenvalue weighted by molar-refractivity contribution is 0.394. The number of nitrogens with zero attached hydrogens (tertiary/aromatic N) is 2. The molecule has 0 saturated carbocycles. The Bertz CT molecular complexity index is 430. The van der Waals surface area contributed by atoms with E-state index in [0.717, 1.165) is 37.8 Å². The molecule has 1 atom stereocenters. The number of likely N-dealkylation sites (tertiary alicyclic amines) is 1. The highest BCUT2D eigenvalue weighted by atomic mass is 15.2. The standard InChI is InChI=1S/C17H28N4/c1-18-17(20-13-16-10-12-21(2)14-16)19-11-6-9-15-7-4-3-5-8-15/h3-5,7-8,16H,6,9-14H2,1-2H3,(H2,18,19,20). The highest BCUT2D eigenvalue weighted by molar-refractivity contribution is 5.79. The molecule has 116 valence electrons. The highest BCUT2D eigenvalue weighted by Gasteiger charge is 2.19. The molecule has 21 heavy (non-hydrogen) atoms. The van der Waals surface area contributed by atoms with Gasteiger partial charge in [-0.15, -0.1) is 0 Å². The molecule has 1 aliphatic heterocycles. The van der Waals surface area contributed by atoms with Crippen molar-refractivity contribution in [2.75, 3.05) is 40.3 Å². The minimum atomic E-state index is 0.748. The lowest BCUT2D eigenvalue weighted by atomic mass is 10.1. The van der Waals surface area contributed by atoms with Crippen molar-refractivity contribution in [3.05, 3.63) is 35.9 Å². The minimum Gasteiger partial charge on any atom is -0.356 e. The minimum absolute atomic E-state index is 0.748. The van der Waals surface area contributed by atoms with Crippen molar-refractivity contribution in [1.82, 2.24) is 15.5 Å². The van der Waals surface area contributed by atoms with Crippen molar-refractivity contribution in [1.29, 1.82) is 0 Å². The molecule has 0 aromatic heterocycles. The Balaban J connectivity index is 1.59. The van der Waals surface area contributed by atoms with E-state index in [1.807, 2.05) is 7.05 Å². The van der Waals surface area contributed by atoms with Crippen LogP contribution in [-0.4, -0.2) is 51.1 Å². The number of nitrogens with one attached hydrogen (secondary N) is 2. The summed E-state index contributed by atoms with van der Waals surface area (Å²) in [6, 6.07) is 10.6. The first-order chi connectivity index (χ1) is 10.3. The van der Waals surface area contributed by atoms with Gasteiger partial charge in [0.1, 0.15) is 0 Å². The van der Waals surface area contributed by atoms with Crippen LogP contribution in [0.1, 0.15) is 18.4 Å². The summed E-state index contributed by atoms with van der Waals surface area (Å²) in [6.45, 7) is 4.38. The van der Waals surface area contributed by atoms with Gasteiger partial charge in [-0.25, -0.2) is 0 Å². The topological polar surface area (TPSA) is 39.7 Å². The number of aryl methyl sites for hydroxylation is 1. The smallest absolute Gasteiger partial charge is 0.190 e. The average molecular weight is 288 g/mol. The summed E-state index contributed by atoms with van der Waals surface area (Å²) in [5, 5.41) is 6.84. The van der Waals surface area contributed by atoms with Gasteiger partial charge in [0.25, 0.3) is 0 Å². The molecule has 1 aliphatic rings. The van der Waals surface area contributed by atoms with E-state index in [0.29, 0.717) is 0 Å². The van der Waals surface area contributed by atoms with E-state index in [9.17, 15) is 0 Å². The SMILES string of the molecule is CN=C(NCCCc1ccccc1)NCC1CCN(C)C1. The molecule has 1 unspecified atom stereocenters. The normalized spacial score (nSPS) is 19.7. The summed E-state index contributed by atoms with van der Waals surface area (Å²) in [6.07, 6.45) is 3.52. The Morgan fingerprint density at radius 1 is 1.29 bits per heavy atom. The fraction of sp³-hybridized carbons (Fsp3) is 0.588. The molecular formula is C17H28N4. The lowest BCUT2D eigenvalue weighted by Crippen LogP contribution is -2.40. The molecule has 0 amide bonds. The molecule has 1 saturated heterocycles. The summed E-state index contributed by atoms with van der Waals surface area (Å²) in [7, 11) is 4.03. The quantitative estimate of drug-likeness (QED) is 0.476. The molecule has 1 aromatic rings. The molecule has 4 heteroatoms. The van der Waals surface area contributed by atoms with Crippen molar-refractivity contribution >= 4 is 5.96 Å². The van der Waals surface area contributed by atoms with E-state index in [-0.39, 0.29) is 0 Å². The van der Waals surface area contributed by atoms with Crippen molar-refractivity contribution < 1.29 is 0 Å². The van der Waals surface area contributed by atoms with Gasteiger partial charge in [-0.2, -0.15) is 0 Å². The van der Waals surface area contributed by atoms with Gasteiger partial charge in [-0.1, -0.05) is 30.3 Å². The van der Waals surface area contributed by atoms with Crippen molar-refractivity contribution in [2.24, 2.45) is 10.9 Å². The summed E-state index contributed by atoms with van der Waals surface area (Å²) in [5.41, 5.74) is 1.40. The third-order valence-electron chi connectivity index (χ3n) is 4.05. The third kappa shape index (κ3) is 5.76. The first kappa shape index (κ1) is 15.8. The maximum atomic E-state index is 4.29. The maximum Gasteiger partial charge on any atom is 0.190 e. The summed E-state index contributed by atoms with van der Waals surface area (Å²) in [4.78, 5) is 6.68. The zero-order valence-corrected chi connectivity index (χ0v) is 13.3. The maximum absolute atomic E-state index is 4.29. The molecule has 1 fully saturated rings. The van der Waals surface area contributed by atoms with Crippen LogP contribution < -0.4 is 10.6 Å². The van der Waals surface area contributed by atoms with Crippen molar-refractivity contribution in [3.63, 3.8) is 0 Å². The van der Waals surface area contributed by atoms with E-state index >= 15 is 0 Å². The number of hydrogen-bond acceptors (Lipinski definition) is 2. The lowest BCUT2D eigenvalue weighted by Gasteiger charge is -2.15. The van der Waals surface area contributed by atoms with Crippen LogP contribution in [-0.2, 0) is 6.42 Å². The van der Waals surface area contributed by atoms with Gasteiger partial charge >= 0.3 is 0 Å². The summed E-state index contributed by atoms with van der Waals surface area (Å²) in [5.74, 6) is 1.68. The zero-order valence-electron chi connectivity index (χ0n) is 13.3. The third-order valence-corrected chi connectivity index (χ3v) is 4.05. The van der Waals surface area contributed by atoms with Crippen LogP contribution in [0.3, 0.4) is 0 Å². The summed E-state index contributed by atoms with van der Waals surface area (Å²) < 4.78 is 0. The Kier molecular flexibility index (Phi) is 6.54. The van der Waals surface area contributed by atoms with Crippen LogP contribution >= 0.6 is 0 Å². The van der Waals surface area contributed by atoms with E-state index in [1.165, 1.54) is 25.1 Å². The average Bonchev–Trinajstić information content (AvgIpc) is 2.93. The molecule has 1 heterocycles. The van der Waals surface area contributed by atoms with E-state index in [1.54, 1.807) is 0 Å². The number of aliphatic imine (C=N–C) groups is 1. The number of guanidine groups is 1. The molecule has 0 aliphatic carbocycles. The highest BCUT2D eigenvalue weighted by Crippen LogP contribution is 2.12.